The first kappa shape index (κ1) is 51.5. The summed E-state index contributed by atoms with van der Waals surface area (Å²) < 4.78 is 33.4. The Morgan fingerprint density at radius 1 is 0.566 bits per heavy atom. The third kappa shape index (κ3) is 40.0. The molecule has 0 saturated carbocycles. The Morgan fingerprint density at radius 2 is 0.962 bits per heavy atom. The summed E-state index contributed by atoms with van der Waals surface area (Å²) >= 11 is 0. The molecular weight excluding hydrogens is 689 g/mol. The maximum atomic E-state index is 12.6. The lowest BCUT2D eigenvalue weighted by Crippen LogP contribution is -2.29. The Kier molecular flexibility index (Phi) is 37.6. The lowest BCUT2D eigenvalue weighted by atomic mass is 10.1. The van der Waals surface area contributed by atoms with Gasteiger partial charge in [0.1, 0.15) is 6.61 Å². The number of phosphoric acid groups is 1. The minimum absolute atomic E-state index is 0.00561. The van der Waals surface area contributed by atoms with Crippen LogP contribution in [0.4, 0.5) is 0 Å². The van der Waals surface area contributed by atoms with Crippen LogP contribution in [0.1, 0.15) is 194 Å². The van der Waals surface area contributed by atoms with E-state index in [0.717, 1.165) is 70.6 Å². The lowest BCUT2D eigenvalue weighted by Gasteiger charge is -2.20. The molecule has 0 aromatic heterocycles. The van der Waals surface area contributed by atoms with Crippen molar-refractivity contribution in [3.63, 3.8) is 0 Å². The van der Waals surface area contributed by atoms with Crippen LogP contribution < -0.4 is 0 Å². The van der Waals surface area contributed by atoms with E-state index in [2.05, 4.69) is 38.2 Å². The number of hydrogen-bond acceptors (Lipinski definition) is 8. The van der Waals surface area contributed by atoms with Gasteiger partial charge in [-0.25, -0.2) is 4.57 Å². The van der Waals surface area contributed by atoms with E-state index in [9.17, 15) is 19.0 Å². The third-order valence-corrected chi connectivity index (χ3v) is 10.2. The molecule has 0 spiro atoms. The average Bonchev–Trinajstić information content (AvgIpc) is 3.12. The number of allylic oxidation sites excluding steroid dienone is 4. The van der Waals surface area contributed by atoms with Crippen molar-refractivity contribution in [2.24, 2.45) is 0 Å². The zero-order chi connectivity index (χ0) is 39.1. The van der Waals surface area contributed by atoms with Crippen molar-refractivity contribution in [2.45, 2.75) is 200 Å². The molecule has 53 heavy (non-hydrogen) atoms. The summed E-state index contributed by atoms with van der Waals surface area (Å²) in [6.45, 7) is 4.30. The van der Waals surface area contributed by atoms with Crippen molar-refractivity contribution in [1.29, 1.82) is 0 Å². The molecule has 0 fully saturated rings. The maximum absolute atomic E-state index is 12.6. The van der Waals surface area contributed by atoms with Crippen LogP contribution in [0.3, 0.4) is 0 Å². The summed E-state index contributed by atoms with van der Waals surface area (Å²) in [7, 11) is -0.715. The highest BCUT2D eigenvalue weighted by atomic mass is 31.2. The Labute approximate surface area is 326 Å². The number of hydrogen-bond donors (Lipinski definition) is 1. The predicted molar refractivity (Wildman–Crippen MR) is 220 cm³/mol. The molecule has 2 atom stereocenters. The van der Waals surface area contributed by atoms with Crippen LogP contribution in [-0.2, 0) is 32.7 Å². The van der Waals surface area contributed by atoms with Crippen molar-refractivity contribution >= 4 is 19.8 Å². The topological polar surface area (TPSA) is 112 Å². The smallest absolute Gasteiger partial charge is 0.462 e. The number of phosphoric ester groups is 1. The van der Waals surface area contributed by atoms with Crippen molar-refractivity contribution in [1.82, 2.24) is 4.90 Å². The molecule has 1 unspecified atom stereocenters. The van der Waals surface area contributed by atoms with E-state index < -0.39 is 26.5 Å². The van der Waals surface area contributed by atoms with Crippen molar-refractivity contribution in [2.75, 3.05) is 40.5 Å². The molecule has 0 aliphatic rings. The normalized spacial score (nSPS) is 13.6. The minimum Gasteiger partial charge on any atom is -0.462 e. The van der Waals surface area contributed by atoms with Gasteiger partial charge in [-0.2, -0.15) is 0 Å². The highest BCUT2D eigenvalue weighted by molar-refractivity contribution is 7.47. The lowest BCUT2D eigenvalue weighted by molar-refractivity contribution is -0.161. The van der Waals surface area contributed by atoms with Crippen molar-refractivity contribution in [3.05, 3.63) is 24.3 Å². The van der Waals surface area contributed by atoms with E-state index in [1.807, 2.05) is 19.0 Å². The second-order valence-electron chi connectivity index (χ2n) is 14.9. The summed E-state index contributed by atoms with van der Waals surface area (Å²) in [4.78, 5) is 37.0. The number of esters is 2. The van der Waals surface area contributed by atoms with Crippen LogP contribution >= 0.6 is 7.82 Å². The predicted octanol–water partition coefficient (Wildman–Crippen LogP) is 12.2. The van der Waals surface area contributed by atoms with Gasteiger partial charge in [0.15, 0.2) is 6.10 Å². The maximum Gasteiger partial charge on any atom is 0.472 e. The molecule has 0 aromatic rings. The SMILES string of the molecule is CCCCCCCC/C=C/CCCCCCCC(=O)OC[C@H](COP(=O)(O)OCCN(C)C)OC(=O)CCCCCCC/C=C/CCCCCCCC. The number of nitrogens with zero attached hydrogens (tertiary/aromatic N) is 1. The second kappa shape index (κ2) is 38.8. The first-order valence-electron chi connectivity index (χ1n) is 21.6. The molecule has 0 aromatic carbocycles. The zero-order valence-electron chi connectivity index (χ0n) is 34.7. The number of ether oxygens (including phenoxy) is 2. The summed E-state index contributed by atoms with van der Waals surface area (Å²) in [5.41, 5.74) is 0. The van der Waals surface area contributed by atoms with Gasteiger partial charge in [0.25, 0.3) is 0 Å². The molecule has 9 nitrogen and oxygen atoms in total. The minimum atomic E-state index is -4.36. The molecule has 0 saturated heterocycles. The van der Waals surface area contributed by atoms with Gasteiger partial charge in [-0.1, -0.05) is 141 Å². The number of rotatable bonds is 40. The summed E-state index contributed by atoms with van der Waals surface area (Å²) in [5.74, 6) is -0.818. The molecule has 0 amide bonds. The van der Waals surface area contributed by atoms with Gasteiger partial charge in [0.05, 0.1) is 13.2 Å². The van der Waals surface area contributed by atoms with Crippen molar-refractivity contribution < 1.29 is 37.6 Å². The zero-order valence-corrected chi connectivity index (χ0v) is 35.6. The second-order valence-corrected chi connectivity index (χ2v) is 16.3. The van der Waals surface area contributed by atoms with E-state index >= 15 is 0 Å². The van der Waals surface area contributed by atoms with Crippen LogP contribution in [0.25, 0.3) is 0 Å². The highest BCUT2D eigenvalue weighted by Gasteiger charge is 2.26. The Balaban J connectivity index is 4.32. The van der Waals surface area contributed by atoms with Crippen LogP contribution in [0, 0.1) is 0 Å². The van der Waals surface area contributed by atoms with Crippen LogP contribution in [0.15, 0.2) is 24.3 Å². The van der Waals surface area contributed by atoms with Gasteiger partial charge in [0.2, 0.25) is 0 Å². The Morgan fingerprint density at radius 3 is 1.40 bits per heavy atom. The largest absolute Gasteiger partial charge is 0.472 e. The molecule has 10 heteroatoms. The molecule has 0 bridgehead atoms. The monoisotopic (exact) mass is 772 g/mol. The van der Waals surface area contributed by atoms with Crippen LogP contribution in [0.5, 0.6) is 0 Å². The third-order valence-electron chi connectivity index (χ3n) is 9.23. The molecule has 0 heterocycles. The first-order valence-corrected chi connectivity index (χ1v) is 23.1. The van der Waals surface area contributed by atoms with Crippen LogP contribution in [-0.4, -0.2) is 68.3 Å². The van der Waals surface area contributed by atoms with E-state index in [4.69, 9.17) is 18.5 Å². The van der Waals surface area contributed by atoms with Gasteiger partial charge in [-0.3, -0.25) is 18.6 Å². The Hall–Kier alpha value is -1.51. The molecule has 0 rings (SSSR count). The molecule has 0 aliphatic carbocycles. The Bertz CT molecular complexity index is 941. The summed E-state index contributed by atoms with van der Waals surface area (Å²) in [6, 6.07) is 0. The van der Waals surface area contributed by atoms with Gasteiger partial charge in [-0.05, 0) is 78.3 Å². The van der Waals surface area contributed by atoms with Crippen LogP contribution in [0.2, 0.25) is 0 Å². The average molecular weight is 772 g/mol. The molecule has 312 valence electrons. The first-order chi connectivity index (χ1) is 25.7. The molecular formula is C43H82NO8P. The number of carbonyl (C=O) groups excluding carboxylic acids is 2. The number of unbranched alkanes of at least 4 members (excludes halogenated alkanes) is 22. The van der Waals surface area contributed by atoms with Gasteiger partial charge in [-0.15, -0.1) is 0 Å². The molecule has 1 N–H and O–H groups in total. The fourth-order valence-electron chi connectivity index (χ4n) is 5.85. The van der Waals surface area contributed by atoms with E-state index in [1.165, 1.54) is 89.9 Å². The van der Waals surface area contributed by atoms with E-state index in [-0.39, 0.29) is 32.0 Å². The quantitative estimate of drug-likeness (QED) is 0.0281. The van der Waals surface area contributed by atoms with Gasteiger partial charge in [0, 0.05) is 19.4 Å². The van der Waals surface area contributed by atoms with E-state index in [1.54, 1.807) is 0 Å². The highest BCUT2D eigenvalue weighted by Crippen LogP contribution is 2.43. The molecule has 0 radical (unpaired) electrons. The fraction of sp³-hybridized carbons (Fsp3) is 0.860. The summed E-state index contributed by atoms with van der Waals surface area (Å²) in [6.07, 6.45) is 39.3. The van der Waals surface area contributed by atoms with E-state index in [0.29, 0.717) is 13.0 Å². The fourth-order valence-corrected chi connectivity index (χ4v) is 6.59. The standard InChI is InChI=1S/C43H82NO8P/c1-5-7-9-11-13-15-17-19-21-23-25-27-29-31-33-35-42(45)49-39-41(40-51-53(47,48)50-38-37-44(3)4)52-43(46)36-34-32-30-28-26-24-22-20-18-16-14-12-10-8-6-2/h19-22,41H,5-18,23-40H2,1-4H3,(H,47,48)/b21-19+,22-20+/t41-/m1/s1. The number of carbonyl (C=O) groups is 2. The van der Waals surface area contributed by atoms with Crippen molar-refractivity contribution in [3.8, 4) is 0 Å². The van der Waals surface area contributed by atoms with Gasteiger partial charge >= 0.3 is 19.8 Å². The number of likely N-dealkylation sites (N-methyl/N-ethyl adjacent to an activating group) is 1. The molecule has 0 aliphatic heterocycles. The van der Waals surface area contributed by atoms with Gasteiger partial charge < -0.3 is 19.3 Å². The summed E-state index contributed by atoms with van der Waals surface area (Å²) in [5, 5.41) is 0.